The number of tetrazole rings is 1. The summed E-state index contributed by atoms with van der Waals surface area (Å²) in [6, 6.07) is 20.0. The number of carbonyl (C=O) groups excluding carboxylic acids is 1. The predicted octanol–water partition coefficient (Wildman–Crippen LogP) is 1.59. The number of benzene rings is 2. The van der Waals surface area contributed by atoms with Gasteiger partial charge in [0.2, 0.25) is 11.7 Å². The van der Waals surface area contributed by atoms with Gasteiger partial charge in [-0.05, 0) is 23.8 Å². The van der Waals surface area contributed by atoms with E-state index in [2.05, 4.69) is 49.9 Å². The highest BCUT2D eigenvalue weighted by atomic mass is 16.2. The quantitative estimate of drug-likeness (QED) is 0.713. The third kappa shape index (κ3) is 3.78. The number of hydrogen-bond donors (Lipinski definition) is 1. The Labute approximate surface area is 175 Å². The zero-order valence-corrected chi connectivity index (χ0v) is 16.8. The lowest BCUT2D eigenvalue weighted by Gasteiger charge is -2.37. The van der Waals surface area contributed by atoms with Gasteiger partial charge < -0.3 is 15.1 Å². The summed E-state index contributed by atoms with van der Waals surface area (Å²) in [6.45, 7) is 3.88. The first-order valence-electron chi connectivity index (χ1n) is 10.4. The maximum atomic E-state index is 13.0. The lowest BCUT2D eigenvalue weighted by atomic mass is 10.1. The van der Waals surface area contributed by atoms with Crippen molar-refractivity contribution < 1.29 is 4.79 Å². The van der Waals surface area contributed by atoms with E-state index in [1.807, 2.05) is 41.3 Å². The van der Waals surface area contributed by atoms with Crippen LogP contribution in [0.2, 0.25) is 0 Å². The number of nitrogens with one attached hydrogen (secondary N) is 1. The molecule has 0 aliphatic carbocycles. The van der Waals surface area contributed by atoms with E-state index in [4.69, 9.17) is 0 Å². The molecule has 2 unspecified atom stereocenters. The number of aromatic nitrogens is 4. The van der Waals surface area contributed by atoms with Gasteiger partial charge in [-0.1, -0.05) is 48.5 Å². The lowest BCUT2D eigenvalue weighted by molar-refractivity contribution is -0.133. The topological polar surface area (TPSA) is 79.2 Å². The Kier molecular flexibility index (Phi) is 5.15. The van der Waals surface area contributed by atoms with Gasteiger partial charge in [0.25, 0.3) is 0 Å². The fourth-order valence-electron chi connectivity index (χ4n) is 4.21. The molecule has 0 bridgehead atoms. The molecule has 3 aromatic rings. The number of amides is 1. The highest BCUT2D eigenvalue weighted by Gasteiger charge is 2.35. The fraction of sp³-hybridized carbons (Fsp3) is 0.364. The summed E-state index contributed by atoms with van der Waals surface area (Å²) in [5.74, 6) is 0.788. The number of rotatable bonds is 4. The molecule has 30 heavy (non-hydrogen) atoms. The largest absolute Gasteiger partial charge is 0.368 e. The van der Waals surface area contributed by atoms with Crippen LogP contribution in [0.25, 0.3) is 11.4 Å². The molecule has 8 nitrogen and oxygen atoms in total. The van der Waals surface area contributed by atoms with Crippen LogP contribution in [0.15, 0.2) is 60.7 Å². The van der Waals surface area contributed by atoms with Crippen molar-refractivity contribution in [1.29, 1.82) is 0 Å². The van der Waals surface area contributed by atoms with E-state index in [-0.39, 0.29) is 18.0 Å². The molecule has 3 heterocycles. The summed E-state index contributed by atoms with van der Waals surface area (Å²) in [7, 11) is 0. The number of anilines is 1. The molecule has 1 amide bonds. The number of nitrogens with zero attached hydrogens (tertiary/aromatic N) is 6. The van der Waals surface area contributed by atoms with Crippen LogP contribution in [0.4, 0.5) is 5.69 Å². The van der Waals surface area contributed by atoms with E-state index >= 15 is 0 Å². The fourth-order valence-corrected chi connectivity index (χ4v) is 4.21. The van der Waals surface area contributed by atoms with Crippen molar-refractivity contribution in [2.75, 3.05) is 37.6 Å². The van der Waals surface area contributed by atoms with E-state index in [9.17, 15) is 4.79 Å². The maximum Gasteiger partial charge on any atom is 0.239 e. The summed E-state index contributed by atoms with van der Waals surface area (Å²) < 4.78 is 0. The van der Waals surface area contributed by atoms with Gasteiger partial charge in [-0.3, -0.25) is 4.79 Å². The zero-order valence-electron chi connectivity index (χ0n) is 16.8. The van der Waals surface area contributed by atoms with Crippen molar-refractivity contribution in [2.45, 2.75) is 18.5 Å². The summed E-state index contributed by atoms with van der Waals surface area (Å²) in [4.78, 5) is 19.0. The molecule has 1 N–H and O–H groups in total. The molecule has 2 aromatic carbocycles. The maximum absolute atomic E-state index is 13.0. The zero-order chi connectivity index (χ0) is 20.3. The number of hydrogen-bond acceptors (Lipinski definition) is 6. The second-order valence-corrected chi connectivity index (χ2v) is 7.80. The van der Waals surface area contributed by atoms with Crippen LogP contribution in [-0.2, 0) is 4.79 Å². The van der Waals surface area contributed by atoms with Gasteiger partial charge in [-0.2, -0.15) is 4.80 Å². The van der Waals surface area contributed by atoms with Crippen molar-refractivity contribution in [1.82, 2.24) is 30.4 Å². The van der Waals surface area contributed by atoms with Crippen molar-refractivity contribution >= 4 is 11.6 Å². The number of para-hydroxylation sites is 1. The lowest BCUT2D eigenvalue weighted by Crippen LogP contribution is -2.53. The molecule has 1 aromatic heterocycles. The molecular formula is C22H25N7O. The van der Waals surface area contributed by atoms with Crippen molar-refractivity contribution in [3.05, 3.63) is 60.7 Å². The molecule has 8 heteroatoms. The Bertz CT molecular complexity index is 983. The van der Waals surface area contributed by atoms with Gasteiger partial charge in [0.15, 0.2) is 0 Å². The van der Waals surface area contributed by atoms with E-state index in [0.29, 0.717) is 18.8 Å². The van der Waals surface area contributed by atoms with Crippen molar-refractivity contribution in [2.24, 2.45) is 0 Å². The van der Waals surface area contributed by atoms with Gasteiger partial charge in [0.1, 0.15) is 0 Å². The van der Waals surface area contributed by atoms with E-state index in [1.165, 1.54) is 5.69 Å². The SMILES string of the molecule is O=C(C1CC(n2nnc(-c3ccccc3)n2)CN1)N1CCN(c2ccccc2)CC1. The second-order valence-electron chi connectivity index (χ2n) is 7.80. The smallest absolute Gasteiger partial charge is 0.239 e. The molecule has 2 aliphatic rings. The van der Waals surface area contributed by atoms with Crippen LogP contribution in [0, 0.1) is 0 Å². The molecule has 0 saturated carbocycles. The average molecular weight is 403 g/mol. The Morgan fingerprint density at radius 2 is 1.63 bits per heavy atom. The van der Waals surface area contributed by atoms with Crippen LogP contribution >= 0.6 is 0 Å². The summed E-state index contributed by atoms with van der Waals surface area (Å²) >= 11 is 0. The van der Waals surface area contributed by atoms with Gasteiger partial charge >= 0.3 is 0 Å². The molecule has 5 rings (SSSR count). The van der Waals surface area contributed by atoms with Gasteiger partial charge in [0, 0.05) is 44.0 Å². The first kappa shape index (κ1) is 18.7. The summed E-state index contributed by atoms with van der Waals surface area (Å²) in [5, 5.41) is 16.3. The van der Waals surface area contributed by atoms with Gasteiger partial charge in [-0.15, -0.1) is 10.2 Å². The normalized spacial score (nSPS) is 21.7. The Hall–Kier alpha value is -3.26. The highest BCUT2D eigenvalue weighted by molar-refractivity contribution is 5.82. The Balaban J connectivity index is 1.17. The molecule has 0 spiro atoms. The van der Waals surface area contributed by atoms with E-state index in [1.54, 1.807) is 4.80 Å². The minimum atomic E-state index is -0.190. The van der Waals surface area contributed by atoms with Gasteiger partial charge in [0.05, 0.1) is 12.1 Å². The van der Waals surface area contributed by atoms with Crippen molar-refractivity contribution in [3.8, 4) is 11.4 Å². The third-order valence-corrected chi connectivity index (χ3v) is 5.91. The van der Waals surface area contributed by atoms with Crippen LogP contribution in [0.1, 0.15) is 12.5 Å². The molecule has 0 radical (unpaired) electrons. The summed E-state index contributed by atoms with van der Waals surface area (Å²) in [6.07, 6.45) is 0.683. The molecule has 154 valence electrons. The van der Waals surface area contributed by atoms with Crippen LogP contribution in [0.5, 0.6) is 0 Å². The van der Waals surface area contributed by atoms with Crippen molar-refractivity contribution in [3.63, 3.8) is 0 Å². The van der Waals surface area contributed by atoms with E-state index < -0.39 is 0 Å². The molecule has 2 fully saturated rings. The standard InChI is InChI=1S/C22H25N7O/c30-22(28-13-11-27(12-14-28)18-9-5-2-6-10-18)20-15-19(16-23-20)29-25-21(24-26-29)17-7-3-1-4-8-17/h1-10,19-20,23H,11-16H2. The molecule has 2 saturated heterocycles. The van der Waals surface area contributed by atoms with Crippen LogP contribution < -0.4 is 10.2 Å². The third-order valence-electron chi connectivity index (χ3n) is 5.91. The molecule has 2 atom stereocenters. The Morgan fingerprint density at radius 1 is 0.933 bits per heavy atom. The van der Waals surface area contributed by atoms with E-state index in [0.717, 1.165) is 31.7 Å². The minimum absolute atomic E-state index is 0.0366. The minimum Gasteiger partial charge on any atom is -0.368 e. The number of carbonyl (C=O) groups is 1. The van der Waals surface area contributed by atoms with Crippen LogP contribution in [-0.4, -0.2) is 69.8 Å². The number of piperazine rings is 1. The first-order chi connectivity index (χ1) is 14.8. The molecule has 2 aliphatic heterocycles. The van der Waals surface area contributed by atoms with Gasteiger partial charge in [-0.25, -0.2) is 0 Å². The first-order valence-corrected chi connectivity index (χ1v) is 10.4. The monoisotopic (exact) mass is 403 g/mol. The second kappa shape index (κ2) is 8.23. The summed E-state index contributed by atoms with van der Waals surface area (Å²) in [5.41, 5.74) is 2.16. The highest BCUT2D eigenvalue weighted by Crippen LogP contribution is 2.22. The predicted molar refractivity (Wildman–Crippen MR) is 114 cm³/mol. The Morgan fingerprint density at radius 3 is 2.37 bits per heavy atom. The molecular weight excluding hydrogens is 378 g/mol. The van der Waals surface area contributed by atoms with Crippen LogP contribution in [0.3, 0.4) is 0 Å². The average Bonchev–Trinajstić information content (AvgIpc) is 3.50.